The summed E-state index contributed by atoms with van der Waals surface area (Å²) in [7, 11) is 0. The third kappa shape index (κ3) is 4.87. The molecule has 3 aromatic rings. The van der Waals surface area contributed by atoms with Crippen LogP contribution in [0.1, 0.15) is 49.9 Å². The zero-order chi connectivity index (χ0) is 23.8. The summed E-state index contributed by atoms with van der Waals surface area (Å²) in [6.07, 6.45) is 12.7. The van der Waals surface area contributed by atoms with Gasteiger partial charge in [0.2, 0.25) is 0 Å². The lowest BCUT2D eigenvalue weighted by atomic mass is 9.84. The molecule has 0 atom stereocenters. The fourth-order valence-corrected chi connectivity index (χ4v) is 4.88. The third-order valence-corrected chi connectivity index (χ3v) is 7.09. The topological polar surface area (TPSA) is 33.1 Å². The van der Waals surface area contributed by atoms with Crippen LogP contribution in [-0.4, -0.2) is 10.1 Å². The molecule has 170 valence electrons. The molecule has 0 unspecified atom stereocenters. The summed E-state index contributed by atoms with van der Waals surface area (Å²) >= 11 is 6.13. The zero-order valence-electron chi connectivity index (χ0n) is 19.6. The van der Waals surface area contributed by atoms with E-state index in [0.29, 0.717) is 5.02 Å². The number of pyridine rings is 1. The predicted octanol–water partition coefficient (Wildman–Crippen LogP) is 7.72. The minimum absolute atomic E-state index is 0.158. The summed E-state index contributed by atoms with van der Waals surface area (Å²) in [5.74, 6) is 0. The van der Waals surface area contributed by atoms with Gasteiger partial charge in [-0.3, -0.25) is 0 Å². The van der Waals surface area contributed by atoms with Crippen LogP contribution >= 0.6 is 11.6 Å². The number of aliphatic hydroxyl groups is 1. The van der Waals surface area contributed by atoms with Crippen molar-refractivity contribution < 1.29 is 5.11 Å². The summed E-state index contributed by atoms with van der Waals surface area (Å²) in [4.78, 5) is 4.72. The van der Waals surface area contributed by atoms with Gasteiger partial charge in [-0.05, 0) is 92.7 Å². The molecule has 1 saturated carbocycles. The number of aromatic nitrogens is 1. The zero-order valence-corrected chi connectivity index (χ0v) is 20.4. The summed E-state index contributed by atoms with van der Waals surface area (Å²) < 4.78 is 0. The molecule has 2 nitrogen and oxygen atoms in total. The lowest BCUT2D eigenvalue weighted by Gasteiger charge is -2.23. The van der Waals surface area contributed by atoms with Crippen molar-refractivity contribution in [1.82, 2.24) is 4.98 Å². The molecule has 0 aliphatic heterocycles. The van der Waals surface area contributed by atoms with Gasteiger partial charge >= 0.3 is 0 Å². The van der Waals surface area contributed by atoms with Gasteiger partial charge in [0.05, 0.1) is 16.8 Å². The summed E-state index contributed by atoms with van der Waals surface area (Å²) in [6.45, 7) is 3.71. The summed E-state index contributed by atoms with van der Waals surface area (Å²) in [5, 5.41) is 12.3. The molecule has 34 heavy (non-hydrogen) atoms. The molecular formula is C31H28ClNO. The molecule has 1 heterocycles. The highest BCUT2D eigenvalue weighted by Gasteiger charge is 2.45. The first-order chi connectivity index (χ1) is 16.3. The first kappa shape index (κ1) is 22.7. The molecule has 1 N–H and O–H groups in total. The highest BCUT2D eigenvalue weighted by atomic mass is 35.5. The molecular weight excluding hydrogens is 438 g/mol. The number of nitrogens with zero attached hydrogens (tertiary/aromatic N) is 1. The van der Waals surface area contributed by atoms with Gasteiger partial charge in [0.25, 0.3) is 0 Å². The molecule has 2 aliphatic rings. The SMILES string of the molecule is CC(C)(O)c1ccccc1CCC1(C2=C=C=CC(/C=C/c3ccc4ccc(Cl)cc4n3)=C2)CC1. The standard InChI is InChI=1S/C31H28ClNO/c1-30(2,34)28-9-4-3-7-23(28)16-17-31(18-19-31)25-8-5-6-22(20-25)10-14-27-15-12-24-11-13-26(32)21-29(24)33-27/h3-4,6-7,9-15,20-21,34H,16-19H2,1-2H3/b14-10+. The van der Waals surface area contributed by atoms with E-state index in [4.69, 9.17) is 16.6 Å². The normalized spacial score (nSPS) is 16.7. The number of halogens is 1. The van der Waals surface area contributed by atoms with Crippen LogP contribution in [0.2, 0.25) is 5.02 Å². The molecule has 2 aromatic carbocycles. The van der Waals surface area contributed by atoms with Gasteiger partial charge in [0.15, 0.2) is 0 Å². The smallest absolute Gasteiger partial charge is 0.0843 e. The second-order valence-corrected chi connectivity index (χ2v) is 10.3. The van der Waals surface area contributed by atoms with Crippen molar-refractivity contribution in [2.24, 2.45) is 5.41 Å². The van der Waals surface area contributed by atoms with Crippen LogP contribution in [-0.2, 0) is 12.0 Å². The molecule has 0 amide bonds. The van der Waals surface area contributed by atoms with Gasteiger partial charge in [-0.25, -0.2) is 4.98 Å². The molecule has 0 spiro atoms. The average molecular weight is 466 g/mol. The molecule has 5 rings (SSSR count). The van der Waals surface area contributed by atoms with E-state index >= 15 is 0 Å². The van der Waals surface area contributed by atoms with Crippen LogP contribution in [0.3, 0.4) is 0 Å². The maximum absolute atomic E-state index is 10.6. The van der Waals surface area contributed by atoms with Crippen molar-refractivity contribution in [2.75, 3.05) is 0 Å². The number of allylic oxidation sites excluding steroid dienone is 5. The van der Waals surface area contributed by atoms with Crippen LogP contribution < -0.4 is 0 Å². The van der Waals surface area contributed by atoms with E-state index in [1.807, 2.05) is 62.4 Å². The molecule has 1 aromatic heterocycles. The Kier molecular flexibility index (Phi) is 5.94. The maximum atomic E-state index is 10.6. The predicted molar refractivity (Wildman–Crippen MR) is 141 cm³/mol. The Bertz CT molecular complexity index is 1420. The van der Waals surface area contributed by atoms with E-state index in [0.717, 1.165) is 40.6 Å². The van der Waals surface area contributed by atoms with E-state index in [2.05, 4.69) is 41.8 Å². The molecule has 0 radical (unpaired) electrons. The van der Waals surface area contributed by atoms with Crippen molar-refractivity contribution in [2.45, 2.75) is 45.1 Å². The Morgan fingerprint density at radius 1 is 1.09 bits per heavy atom. The van der Waals surface area contributed by atoms with E-state index in [1.54, 1.807) is 0 Å². The van der Waals surface area contributed by atoms with Crippen LogP contribution in [0.4, 0.5) is 0 Å². The largest absolute Gasteiger partial charge is 0.386 e. The van der Waals surface area contributed by atoms with Crippen molar-refractivity contribution in [3.8, 4) is 0 Å². The Morgan fingerprint density at radius 2 is 1.88 bits per heavy atom. The minimum atomic E-state index is -0.833. The average Bonchev–Trinajstić information content (AvgIpc) is 3.62. The molecule has 0 saturated heterocycles. The lowest BCUT2D eigenvalue weighted by Crippen LogP contribution is -2.18. The van der Waals surface area contributed by atoms with E-state index < -0.39 is 5.60 Å². The molecule has 2 aliphatic carbocycles. The van der Waals surface area contributed by atoms with E-state index in [-0.39, 0.29) is 5.41 Å². The second kappa shape index (κ2) is 8.91. The third-order valence-electron chi connectivity index (χ3n) is 6.85. The lowest BCUT2D eigenvalue weighted by molar-refractivity contribution is 0.0775. The molecule has 3 heteroatoms. The Hall–Kier alpha value is -3.12. The Balaban J connectivity index is 1.32. The van der Waals surface area contributed by atoms with Gasteiger partial charge in [0.1, 0.15) is 0 Å². The monoisotopic (exact) mass is 465 g/mol. The number of fused-ring (bicyclic) bond motifs is 1. The molecule has 1 fully saturated rings. The van der Waals surface area contributed by atoms with Crippen molar-refractivity contribution in [3.05, 3.63) is 117 Å². The summed E-state index contributed by atoms with van der Waals surface area (Å²) in [6, 6.07) is 18.1. The van der Waals surface area contributed by atoms with Crippen LogP contribution in [0, 0.1) is 5.41 Å². The van der Waals surface area contributed by atoms with E-state index in [1.165, 1.54) is 24.0 Å². The number of aryl methyl sites for hydroxylation is 1. The van der Waals surface area contributed by atoms with Gasteiger partial charge in [-0.2, -0.15) is 0 Å². The fraction of sp³-hybridized carbons (Fsp3) is 0.258. The van der Waals surface area contributed by atoms with Gasteiger partial charge in [-0.1, -0.05) is 65.5 Å². The van der Waals surface area contributed by atoms with Crippen LogP contribution in [0.15, 0.2) is 95.4 Å². The fourth-order valence-electron chi connectivity index (χ4n) is 4.72. The maximum Gasteiger partial charge on any atom is 0.0843 e. The Morgan fingerprint density at radius 3 is 2.68 bits per heavy atom. The number of rotatable bonds is 7. The van der Waals surface area contributed by atoms with Gasteiger partial charge in [0, 0.05) is 21.4 Å². The van der Waals surface area contributed by atoms with Crippen molar-refractivity contribution in [3.63, 3.8) is 0 Å². The highest BCUT2D eigenvalue weighted by molar-refractivity contribution is 6.31. The first-order valence-corrected chi connectivity index (χ1v) is 12.2. The number of benzene rings is 2. The number of hydrogen-bond donors (Lipinski definition) is 1. The van der Waals surface area contributed by atoms with Crippen molar-refractivity contribution in [1.29, 1.82) is 0 Å². The second-order valence-electron chi connectivity index (χ2n) is 9.87. The Labute approximate surface area is 206 Å². The van der Waals surface area contributed by atoms with E-state index in [9.17, 15) is 5.11 Å². The van der Waals surface area contributed by atoms with Crippen LogP contribution in [0.5, 0.6) is 0 Å². The van der Waals surface area contributed by atoms with Gasteiger partial charge in [-0.15, -0.1) is 0 Å². The number of hydrogen-bond acceptors (Lipinski definition) is 2. The van der Waals surface area contributed by atoms with Gasteiger partial charge < -0.3 is 5.11 Å². The van der Waals surface area contributed by atoms with Crippen LogP contribution in [0.25, 0.3) is 17.0 Å². The van der Waals surface area contributed by atoms with Crippen molar-refractivity contribution >= 4 is 28.6 Å². The molecule has 0 bridgehead atoms. The minimum Gasteiger partial charge on any atom is -0.386 e. The first-order valence-electron chi connectivity index (χ1n) is 11.8. The quantitative estimate of drug-likeness (QED) is 0.362. The highest BCUT2D eigenvalue weighted by Crippen LogP contribution is 2.56. The summed E-state index contributed by atoms with van der Waals surface area (Å²) in [5.41, 5.74) is 12.3.